The quantitative estimate of drug-likeness (QED) is 0.844. The molecule has 1 N–H and O–H groups in total. The van der Waals surface area contributed by atoms with Crippen LogP contribution in [0.2, 0.25) is 0 Å². The Bertz CT molecular complexity index is 388. The summed E-state index contributed by atoms with van der Waals surface area (Å²) in [6, 6.07) is 0. The lowest BCUT2D eigenvalue weighted by molar-refractivity contribution is -0.141. The molecule has 18 heavy (non-hydrogen) atoms. The molecule has 0 aliphatic rings. The topological polar surface area (TPSA) is 51.6 Å². The van der Waals surface area contributed by atoms with Crippen LogP contribution in [0.25, 0.3) is 0 Å². The molecule has 0 fully saturated rings. The van der Waals surface area contributed by atoms with E-state index in [1.807, 2.05) is 0 Å². The van der Waals surface area contributed by atoms with Crippen molar-refractivity contribution in [1.29, 1.82) is 0 Å². The molecule has 1 atom stereocenters. The molecule has 0 aromatic carbocycles. The van der Waals surface area contributed by atoms with Crippen molar-refractivity contribution in [3.8, 4) is 0 Å². The van der Waals surface area contributed by atoms with Crippen LogP contribution < -0.4 is 0 Å². The van der Waals surface area contributed by atoms with Crippen molar-refractivity contribution < 1.29 is 27.8 Å². The van der Waals surface area contributed by atoms with E-state index in [0.717, 1.165) is 6.20 Å². The molecule has 8 heteroatoms. The molecule has 1 heterocycles. The number of nitrogens with zero attached hydrogens (tertiary/aromatic N) is 1. The second-order valence-electron chi connectivity index (χ2n) is 3.91. The first-order chi connectivity index (χ1) is 8.20. The Labute approximate surface area is 106 Å². The molecule has 1 unspecified atom stereocenters. The van der Waals surface area contributed by atoms with E-state index in [2.05, 4.69) is 4.98 Å². The maximum absolute atomic E-state index is 12.4. The fourth-order valence-electron chi connectivity index (χ4n) is 1.34. The van der Waals surface area contributed by atoms with Crippen LogP contribution in [0.5, 0.6) is 0 Å². The van der Waals surface area contributed by atoms with Crippen LogP contribution in [0.3, 0.4) is 0 Å². The molecule has 0 aliphatic heterocycles. The van der Waals surface area contributed by atoms with Crippen molar-refractivity contribution >= 4 is 11.3 Å². The first kappa shape index (κ1) is 15.4. The van der Waals surface area contributed by atoms with E-state index in [9.17, 15) is 18.3 Å². The van der Waals surface area contributed by atoms with Gasteiger partial charge in [-0.1, -0.05) is 0 Å². The number of thiazole rings is 1. The molecule has 0 saturated carbocycles. The molecule has 0 radical (unpaired) electrons. The molecule has 1 aromatic rings. The predicted octanol–water partition coefficient (Wildman–Crippen LogP) is 2.38. The van der Waals surface area contributed by atoms with Crippen molar-refractivity contribution in [2.45, 2.75) is 31.4 Å². The van der Waals surface area contributed by atoms with E-state index in [1.54, 1.807) is 0 Å². The fraction of sp³-hybridized carbons (Fsp3) is 0.700. The van der Waals surface area contributed by atoms with Crippen molar-refractivity contribution in [3.63, 3.8) is 0 Å². The summed E-state index contributed by atoms with van der Waals surface area (Å²) in [5.74, 6) is 0. The van der Waals surface area contributed by atoms with Gasteiger partial charge in [0.2, 0.25) is 0 Å². The van der Waals surface area contributed by atoms with Crippen LogP contribution in [0.15, 0.2) is 6.20 Å². The van der Waals surface area contributed by atoms with E-state index in [-0.39, 0.29) is 11.3 Å². The molecule has 0 saturated heterocycles. The van der Waals surface area contributed by atoms with Crippen LogP contribution in [-0.2, 0) is 21.3 Å². The van der Waals surface area contributed by atoms with E-state index in [0.29, 0.717) is 11.3 Å². The van der Waals surface area contributed by atoms with Gasteiger partial charge in [-0.25, -0.2) is 4.98 Å². The Morgan fingerprint density at radius 2 is 1.94 bits per heavy atom. The average Bonchev–Trinajstić information content (AvgIpc) is 2.75. The third-order valence-corrected chi connectivity index (χ3v) is 3.66. The summed E-state index contributed by atoms with van der Waals surface area (Å²) in [5, 5.41) is 9.16. The zero-order valence-corrected chi connectivity index (χ0v) is 10.9. The van der Waals surface area contributed by atoms with Gasteiger partial charge in [-0.15, -0.1) is 11.3 Å². The van der Waals surface area contributed by atoms with Crippen molar-refractivity contribution in [1.82, 2.24) is 4.98 Å². The van der Waals surface area contributed by atoms with Gasteiger partial charge in [-0.2, -0.15) is 13.2 Å². The number of halogens is 3. The maximum atomic E-state index is 12.4. The number of aliphatic hydroxyl groups is 1. The standard InChI is InChI=1S/C10H14F3NO3S/c1-9(15,4-7(16-2)17-3)6-5-14-8(18-6)10(11,12)13/h5,7,15H,4H2,1-3H3. The Kier molecular flexibility index (Phi) is 4.71. The van der Waals surface area contributed by atoms with Crippen LogP contribution in [-0.4, -0.2) is 30.6 Å². The third-order valence-electron chi connectivity index (χ3n) is 2.37. The van der Waals surface area contributed by atoms with Crippen LogP contribution in [0, 0.1) is 0 Å². The number of hydrogen-bond acceptors (Lipinski definition) is 5. The van der Waals surface area contributed by atoms with E-state index < -0.39 is 23.1 Å². The smallest absolute Gasteiger partial charge is 0.384 e. The van der Waals surface area contributed by atoms with E-state index >= 15 is 0 Å². The number of alkyl halides is 3. The third kappa shape index (κ3) is 3.64. The minimum absolute atomic E-state index is 0.0134. The lowest BCUT2D eigenvalue weighted by Gasteiger charge is -2.25. The molecule has 1 rings (SSSR count). The highest BCUT2D eigenvalue weighted by Crippen LogP contribution is 2.37. The Balaban J connectivity index is 2.88. The molecular weight excluding hydrogens is 271 g/mol. The number of rotatable bonds is 5. The zero-order chi connectivity index (χ0) is 14.0. The average molecular weight is 285 g/mol. The summed E-state index contributed by atoms with van der Waals surface area (Å²) >= 11 is 0.413. The lowest BCUT2D eigenvalue weighted by atomic mass is 10.0. The van der Waals surface area contributed by atoms with Gasteiger partial charge in [-0.3, -0.25) is 0 Å². The highest BCUT2D eigenvalue weighted by molar-refractivity contribution is 7.11. The van der Waals surface area contributed by atoms with Gasteiger partial charge in [0.15, 0.2) is 11.3 Å². The molecule has 1 aromatic heterocycles. The Morgan fingerprint density at radius 3 is 2.33 bits per heavy atom. The summed E-state index contributed by atoms with van der Waals surface area (Å²) < 4.78 is 47.0. The first-order valence-corrected chi connectivity index (χ1v) is 5.84. The summed E-state index contributed by atoms with van der Waals surface area (Å²) in [6.45, 7) is 1.39. The Morgan fingerprint density at radius 1 is 1.39 bits per heavy atom. The van der Waals surface area contributed by atoms with Crippen molar-refractivity contribution in [2.24, 2.45) is 0 Å². The molecule has 104 valence electrons. The van der Waals surface area contributed by atoms with E-state index in [1.165, 1.54) is 21.1 Å². The predicted molar refractivity (Wildman–Crippen MR) is 59.1 cm³/mol. The van der Waals surface area contributed by atoms with Gasteiger partial charge in [0.1, 0.15) is 5.60 Å². The van der Waals surface area contributed by atoms with Gasteiger partial charge < -0.3 is 14.6 Å². The second kappa shape index (κ2) is 5.52. The zero-order valence-electron chi connectivity index (χ0n) is 10.1. The summed E-state index contributed by atoms with van der Waals surface area (Å²) in [4.78, 5) is 3.38. The van der Waals surface area contributed by atoms with Crippen LogP contribution >= 0.6 is 11.3 Å². The minimum Gasteiger partial charge on any atom is -0.384 e. The lowest BCUT2D eigenvalue weighted by Crippen LogP contribution is -2.28. The van der Waals surface area contributed by atoms with Gasteiger partial charge >= 0.3 is 6.18 Å². The SMILES string of the molecule is COC(CC(C)(O)c1cnc(C(F)(F)F)s1)OC. The number of hydrogen-bond donors (Lipinski definition) is 1. The van der Waals surface area contributed by atoms with Crippen molar-refractivity contribution in [3.05, 3.63) is 16.1 Å². The van der Waals surface area contributed by atoms with Gasteiger partial charge in [0, 0.05) is 26.8 Å². The highest BCUT2D eigenvalue weighted by atomic mass is 32.1. The Hall–Kier alpha value is -0.700. The molecular formula is C10H14F3NO3S. The minimum atomic E-state index is -4.50. The first-order valence-electron chi connectivity index (χ1n) is 5.02. The van der Waals surface area contributed by atoms with Crippen LogP contribution in [0.4, 0.5) is 13.2 Å². The van der Waals surface area contributed by atoms with Gasteiger partial charge in [-0.05, 0) is 6.92 Å². The monoisotopic (exact) mass is 285 g/mol. The highest BCUT2D eigenvalue weighted by Gasteiger charge is 2.37. The van der Waals surface area contributed by atoms with Crippen molar-refractivity contribution in [2.75, 3.05) is 14.2 Å². The fourth-order valence-corrected chi connectivity index (χ4v) is 2.18. The summed E-state index contributed by atoms with van der Waals surface area (Å²) in [7, 11) is 2.77. The molecule has 0 spiro atoms. The molecule has 0 aliphatic carbocycles. The normalized spacial score (nSPS) is 16.0. The van der Waals surface area contributed by atoms with Crippen LogP contribution in [0.1, 0.15) is 23.2 Å². The molecule has 0 bridgehead atoms. The molecule has 0 amide bonds. The maximum Gasteiger partial charge on any atom is 0.443 e. The number of aromatic nitrogens is 1. The summed E-state index contributed by atoms with van der Waals surface area (Å²) in [5.41, 5.74) is -1.49. The number of methoxy groups -OCH3 is 2. The number of ether oxygens (including phenoxy) is 2. The second-order valence-corrected chi connectivity index (χ2v) is 4.94. The van der Waals surface area contributed by atoms with Gasteiger partial charge in [0.25, 0.3) is 0 Å². The van der Waals surface area contributed by atoms with Gasteiger partial charge in [0.05, 0.1) is 4.88 Å². The largest absolute Gasteiger partial charge is 0.443 e. The van der Waals surface area contributed by atoms with E-state index in [4.69, 9.17) is 9.47 Å². The summed E-state index contributed by atoms with van der Waals surface area (Å²) in [6.07, 6.45) is -4.16. The molecule has 4 nitrogen and oxygen atoms in total.